The van der Waals surface area contributed by atoms with Crippen LogP contribution in [0, 0.1) is 0 Å². The molecule has 0 N–H and O–H groups in total. The number of unbranched alkanes of at least 4 members (excludes halogenated alkanes) is 3. The van der Waals surface area contributed by atoms with Gasteiger partial charge in [-0.15, -0.1) is 0 Å². The van der Waals surface area contributed by atoms with Crippen LogP contribution in [0.5, 0.6) is 0 Å². The molecule has 0 saturated carbocycles. The molecule has 0 radical (unpaired) electrons. The molecule has 0 aromatic rings. The van der Waals surface area contributed by atoms with Crippen LogP contribution in [-0.2, 0) is 4.74 Å². The molecule has 2 heteroatoms. The number of hydrogen-bond donors (Lipinski definition) is 0. The van der Waals surface area contributed by atoms with Crippen LogP contribution < -0.4 is 0 Å². The third-order valence-corrected chi connectivity index (χ3v) is 1.78. The quantitative estimate of drug-likeness (QED) is 0.445. The van der Waals surface area contributed by atoms with Crippen molar-refractivity contribution in [1.29, 1.82) is 0 Å². The molecule has 0 saturated heterocycles. The van der Waals surface area contributed by atoms with Crippen LogP contribution in [0.15, 0.2) is 0 Å². The SMILES string of the molecule is CCCC.CCCCOCCCC.[LiH]. The second-order valence-electron chi connectivity index (χ2n) is 3.32. The molecule has 0 aromatic heterocycles. The van der Waals surface area contributed by atoms with E-state index in [0.29, 0.717) is 0 Å². The molecule has 1 nitrogen and oxygen atoms in total. The van der Waals surface area contributed by atoms with Crippen LogP contribution in [0.3, 0.4) is 0 Å². The summed E-state index contributed by atoms with van der Waals surface area (Å²) in [6, 6.07) is 0. The zero-order chi connectivity index (χ0) is 10.4. The molecule has 84 valence electrons. The van der Waals surface area contributed by atoms with Gasteiger partial charge >= 0.3 is 18.9 Å². The van der Waals surface area contributed by atoms with E-state index >= 15 is 0 Å². The Kier molecular flexibility index (Phi) is 33.5. The fourth-order valence-corrected chi connectivity index (χ4v) is 0.595. The Hall–Kier alpha value is 0.557. The molecule has 0 fully saturated rings. The van der Waals surface area contributed by atoms with Crippen molar-refractivity contribution in [2.75, 3.05) is 13.2 Å². The van der Waals surface area contributed by atoms with Crippen LogP contribution in [0.4, 0.5) is 0 Å². The van der Waals surface area contributed by atoms with Gasteiger partial charge in [0.1, 0.15) is 0 Å². The summed E-state index contributed by atoms with van der Waals surface area (Å²) in [5.74, 6) is 0. The monoisotopic (exact) mass is 196 g/mol. The van der Waals surface area contributed by atoms with Crippen LogP contribution in [-0.4, -0.2) is 32.1 Å². The Morgan fingerprint density at radius 1 is 0.643 bits per heavy atom. The molecule has 0 bridgehead atoms. The number of rotatable bonds is 7. The van der Waals surface area contributed by atoms with Gasteiger partial charge in [-0.2, -0.15) is 0 Å². The summed E-state index contributed by atoms with van der Waals surface area (Å²) in [7, 11) is 0. The Morgan fingerprint density at radius 2 is 1.00 bits per heavy atom. The average molecular weight is 196 g/mol. The Labute approximate surface area is 103 Å². The summed E-state index contributed by atoms with van der Waals surface area (Å²) in [6.07, 6.45) is 7.55. The number of hydrogen-bond acceptors (Lipinski definition) is 1. The zero-order valence-electron chi connectivity index (χ0n) is 10.1. The minimum atomic E-state index is 0. The van der Waals surface area contributed by atoms with E-state index in [-0.39, 0.29) is 18.9 Å². The van der Waals surface area contributed by atoms with E-state index < -0.39 is 0 Å². The van der Waals surface area contributed by atoms with Gasteiger partial charge < -0.3 is 4.74 Å². The van der Waals surface area contributed by atoms with E-state index in [9.17, 15) is 0 Å². The van der Waals surface area contributed by atoms with Gasteiger partial charge in [-0.25, -0.2) is 0 Å². The summed E-state index contributed by atoms with van der Waals surface area (Å²) in [6.45, 7) is 10.6. The van der Waals surface area contributed by atoms with Crippen LogP contribution in [0.25, 0.3) is 0 Å². The van der Waals surface area contributed by atoms with E-state index in [2.05, 4.69) is 27.7 Å². The second-order valence-corrected chi connectivity index (χ2v) is 3.32. The maximum atomic E-state index is 5.31. The molecule has 0 aromatic carbocycles. The van der Waals surface area contributed by atoms with Crippen LogP contribution >= 0.6 is 0 Å². The first-order valence-electron chi connectivity index (χ1n) is 5.91. The molecule has 0 spiro atoms. The maximum absolute atomic E-state index is 5.31. The van der Waals surface area contributed by atoms with E-state index in [0.717, 1.165) is 13.2 Å². The Balaban J connectivity index is -0.000000209. The predicted molar refractivity (Wildman–Crippen MR) is 68.4 cm³/mol. The molecule has 0 aliphatic carbocycles. The Morgan fingerprint density at radius 3 is 1.21 bits per heavy atom. The molecule has 0 atom stereocenters. The van der Waals surface area contributed by atoms with Crippen LogP contribution in [0.1, 0.15) is 66.2 Å². The molecule has 0 rings (SSSR count). The molecule has 0 aliphatic rings. The van der Waals surface area contributed by atoms with Gasteiger partial charge in [0.15, 0.2) is 0 Å². The van der Waals surface area contributed by atoms with Crippen molar-refractivity contribution in [2.45, 2.75) is 66.2 Å². The molecule has 0 aliphatic heterocycles. The van der Waals surface area contributed by atoms with E-state index in [1.165, 1.54) is 38.5 Å². The first kappa shape index (κ1) is 20.0. The van der Waals surface area contributed by atoms with Gasteiger partial charge in [-0.05, 0) is 12.8 Å². The second kappa shape index (κ2) is 23.4. The molecule has 0 unspecified atom stereocenters. The third kappa shape index (κ3) is 29.4. The first-order valence-corrected chi connectivity index (χ1v) is 5.91. The van der Waals surface area contributed by atoms with E-state index in [4.69, 9.17) is 4.74 Å². The first-order chi connectivity index (χ1) is 6.33. The molecule has 14 heavy (non-hydrogen) atoms. The van der Waals surface area contributed by atoms with Crippen molar-refractivity contribution in [2.24, 2.45) is 0 Å². The van der Waals surface area contributed by atoms with E-state index in [1.807, 2.05) is 0 Å². The average Bonchev–Trinajstić information content (AvgIpc) is 2.18. The van der Waals surface area contributed by atoms with Gasteiger partial charge in [0.05, 0.1) is 0 Å². The minimum absolute atomic E-state index is 0. The summed E-state index contributed by atoms with van der Waals surface area (Å²) in [5, 5.41) is 0. The molecular weight excluding hydrogens is 167 g/mol. The predicted octanol–water partition coefficient (Wildman–Crippen LogP) is 3.76. The van der Waals surface area contributed by atoms with Crippen molar-refractivity contribution in [3.63, 3.8) is 0 Å². The summed E-state index contributed by atoms with van der Waals surface area (Å²) >= 11 is 0. The Bertz CT molecular complexity index is 59.3. The summed E-state index contributed by atoms with van der Waals surface area (Å²) in [4.78, 5) is 0. The van der Waals surface area contributed by atoms with Gasteiger partial charge in [0, 0.05) is 13.2 Å². The summed E-state index contributed by atoms with van der Waals surface area (Å²) < 4.78 is 5.31. The van der Waals surface area contributed by atoms with E-state index in [1.54, 1.807) is 0 Å². The van der Waals surface area contributed by atoms with Crippen LogP contribution in [0.2, 0.25) is 0 Å². The van der Waals surface area contributed by atoms with Crippen molar-refractivity contribution in [3.05, 3.63) is 0 Å². The van der Waals surface area contributed by atoms with Crippen molar-refractivity contribution in [3.8, 4) is 0 Å². The van der Waals surface area contributed by atoms with Gasteiger partial charge in [0.2, 0.25) is 0 Å². The zero-order valence-corrected chi connectivity index (χ0v) is 10.1. The van der Waals surface area contributed by atoms with Crippen molar-refractivity contribution >= 4 is 18.9 Å². The fraction of sp³-hybridized carbons (Fsp3) is 1.00. The molecule has 0 amide bonds. The fourth-order valence-electron chi connectivity index (χ4n) is 0.595. The van der Waals surface area contributed by atoms with Crippen molar-refractivity contribution < 1.29 is 4.74 Å². The van der Waals surface area contributed by atoms with Gasteiger partial charge in [-0.3, -0.25) is 0 Å². The normalized spacial score (nSPS) is 8.57. The topological polar surface area (TPSA) is 9.23 Å². The summed E-state index contributed by atoms with van der Waals surface area (Å²) in [5.41, 5.74) is 0. The number of ether oxygens (including phenoxy) is 1. The van der Waals surface area contributed by atoms with Crippen molar-refractivity contribution in [1.82, 2.24) is 0 Å². The van der Waals surface area contributed by atoms with Gasteiger partial charge in [0.25, 0.3) is 0 Å². The third-order valence-electron chi connectivity index (χ3n) is 1.78. The molecule has 0 heterocycles. The molecular formula is C12H29LiO. The van der Waals surface area contributed by atoms with Gasteiger partial charge in [-0.1, -0.05) is 53.4 Å². The standard InChI is InChI=1S/C8H18O.C4H10.Li.H/c1-3-5-7-9-8-6-4-2;1-3-4-2;;/h3-8H2,1-2H3;3-4H2,1-2H3;;.